The first-order valence-electron chi connectivity index (χ1n) is 6.35. The van der Waals surface area contributed by atoms with Crippen LogP contribution in [0.25, 0.3) is 0 Å². The van der Waals surface area contributed by atoms with Crippen LogP contribution in [0.4, 0.5) is 5.69 Å². The van der Waals surface area contributed by atoms with Crippen molar-refractivity contribution in [1.82, 2.24) is 0 Å². The van der Waals surface area contributed by atoms with Crippen LogP contribution in [0.1, 0.15) is 5.56 Å². The fourth-order valence-electron chi connectivity index (χ4n) is 1.89. The summed E-state index contributed by atoms with van der Waals surface area (Å²) in [6.45, 7) is 0.736. The standard InChI is InChI=1S/C16H19NO3/c1-18-14-7-4-12(5-8-14)11-17-13-6-9-15(19-2)16(10-13)20-3/h4-10,17H,11H2,1-3H3. The molecule has 0 saturated carbocycles. The van der Waals surface area contributed by atoms with E-state index in [0.717, 1.165) is 23.7 Å². The predicted molar refractivity (Wildman–Crippen MR) is 79.9 cm³/mol. The molecule has 0 aliphatic rings. The zero-order valence-corrected chi connectivity index (χ0v) is 12.0. The Balaban J connectivity index is 2.02. The lowest BCUT2D eigenvalue weighted by Gasteiger charge is -2.11. The molecule has 4 nitrogen and oxygen atoms in total. The molecule has 2 rings (SSSR count). The van der Waals surface area contributed by atoms with Crippen molar-refractivity contribution in [1.29, 1.82) is 0 Å². The van der Waals surface area contributed by atoms with E-state index < -0.39 is 0 Å². The van der Waals surface area contributed by atoms with Gasteiger partial charge >= 0.3 is 0 Å². The molecule has 0 unspecified atom stereocenters. The highest BCUT2D eigenvalue weighted by Crippen LogP contribution is 2.29. The van der Waals surface area contributed by atoms with Crippen molar-refractivity contribution in [3.05, 3.63) is 48.0 Å². The summed E-state index contributed by atoms with van der Waals surface area (Å²) in [5.41, 5.74) is 2.17. The van der Waals surface area contributed by atoms with E-state index in [0.29, 0.717) is 5.75 Å². The Bertz CT molecular complexity index is 552. The van der Waals surface area contributed by atoms with Crippen molar-refractivity contribution in [3.63, 3.8) is 0 Å². The minimum Gasteiger partial charge on any atom is -0.497 e. The molecular weight excluding hydrogens is 254 g/mol. The van der Waals surface area contributed by atoms with Crippen LogP contribution in [0.15, 0.2) is 42.5 Å². The highest BCUT2D eigenvalue weighted by atomic mass is 16.5. The first-order chi connectivity index (χ1) is 9.76. The topological polar surface area (TPSA) is 39.7 Å². The Morgan fingerprint density at radius 3 is 2.10 bits per heavy atom. The van der Waals surface area contributed by atoms with Crippen molar-refractivity contribution < 1.29 is 14.2 Å². The van der Waals surface area contributed by atoms with Gasteiger partial charge in [-0.1, -0.05) is 12.1 Å². The van der Waals surface area contributed by atoms with Crippen LogP contribution in [-0.2, 0) is 6.54 Å². The molecule has 0 aliphatic carbocycles. The zero-order chi connectivity index (χ0) is 14.4. The molecule has 106 valence electrons. The third-order valence-corrected chi connectivity index (χ3v) is 3.04. The number of methoxy groups -OCH3 is 3. The number of anilines is 1. The Labute approximate surface area is 119 Å². The average molecular weight is 273 g/mol. The number of rotatable bonds is 6. The molecule has 20 heavy (non-hydrogen) atoms. The second-order valence-electron chi connectivity index (χ2n) is 4.27. The maximum Gasteiger partial charge on any atom is 0.162 e. The highest BCUT2D eigenvalue weighted by Gasteiger charge is 2.04. The molecule has 2 aromatic rings. The van der Waals surface area contributed by atoms with Gasteiger partial charge < -0.3 is 19.5 Å². The van der Waals surface area contributed by atoms with Crippen LogP contribution in [0.5, 0.6) is 17.2 Å². The first kappa shape index (κ1) is 14.1. The Hall–Kier alpha value is -2.36. The maximum absolute atomic E-state index is 5.28. The molecule has 0 bridgehead atoms. The van der Waals surface area contributed by atoms with Gasteiger partial charge in [-0.25, -0.2) is 0 Å². The second-order valence-corrected chi connectivity index (χ2v) is 4.27. The number of nitrogens with one attached hydrogen (secondary N) is 1. The SMILES string of the molecule is COc1ccc(CNc2ccc(OC)c(OC)c2)cc1. The monoisotopic (exact) mass is 273 g/mol. The van der Waals surface area contributed by atoms with Gasteiger partial charge in [0.25, 0.3) is 0 Å². The summed E-state index contributed by atoms with van der Waals surface area (Å²) in [5, 5.41) is 3.35. The largest absolute Gasteiger partial charge is 0.497 e. The lowest BCUT2D eigenvalue weighted by atomic mass is 10.2. The molecular formula is C16H19NO3. The lowest BCUT2D eigenvalue weighted by molar-refractivity contribution is 0.355. The second kappa shape index (κ2) is 6.70. The van der Waals surface area contributed by atoms with Crippen LogP contribution < -0.4 is 19.5 Å². The van der Waals surface area contributed by atoms with Gasteiger partial charge in [-0.2, -0.15) is 0 Å². The summed E-state index contributed by atoms with van der Waals surface area (Å²) >= 11 is 0. The van der Waals surface area contributed by atoms with Gasteiger partial charge in [0, 0.05) is 18.3 Å². The fourth-order valence-corrected chi connectivity index (χ4v) is 1.89. The smallest absolute Gasteiger partial charge is 0.162 e. The fraction of sp³-hybridized carbons (Fsp3) is 0.250. The Kier molecular flexibility index (Phi) is 4.71. The van der Waals surface area contributed by atoms with Crippen molar-refractivity contribution in [2.45, 2.75) is 6.54 Å². The number of ether oxygens (including phenoxy) is 3. The van der Waals surface area contributed by atoms with E-state index in [9.17, 15) is 0 Å². The molecule has 0 amide bonds. The maximum atomic E-state index is 5.28. The van der Waals surface area contributed by atoms with E-state index in [-0.39, 0.29) is 0 Å². The molecule has 0 atom stereocenters. The molecule has 0 saturated heterocycles. The van der Waals surface area contributed by atoms with Crippen molar-refractivity contribution >= 4 is 5.69 Å². The molecule has 2 aromatic carbocycles. The Morgan fingerprint density at radius 2 is 1.50 bits per heavy atom. The van der Waals surface area contributed by atoms with E-state index in [1.165, 1.54) is 5.56 Å². The normalized spacial score (nSPS) is 9.95. The van der Waals surface area contributed by atoms with Crippen molar-refractivity contribution in [2.24, 2.45) is 0 Å². The van der Waals surface area contributed by atoms with Gasteiger partial charge in [0.1, 0.15) is 5.75 Å². The summed E-state index contributed by atoms with van der Waals surface area (Å²) in [5.74, 6) is 2.30. The minimum absolute atomic E-state index is 0.715. The molecule has 0 aromatic heterocycles. The van der Waals surface area contributed by atoms with E-state index in [1.807, 2.05) is 42.5 Å². The van der Waals surface area contributed by atoms with Gasteiger partial charge in [0.15, 0.2) is 11.5 Å². The molecule has 4 heteroatoms. The van der Waals surface area contributed by atoms with Crippen LogP contribution in [-0.4, -0.2) is 21.3 Å². The molecule has 0 aliphatic heterocycles. The van der Waals surface area contributed by atoms with Gasteiger partial charge in [-0.15, -0.1) is 0 Å². The van der Waals surface area contributed by atoms with Crippen molar-refractivity contribution in [2.75, 3.05) is 26.6 Å². The lowest BCUT2D eigenvalue weighted by Crippen LogP contribution is -2.00. The quantitative estimate of drug-likeness (QED) is 0.876. The Morgan fingerprint density at radius 1 is 0.800 bits per heavy atom. The third kappa shape index (κ3) is 3.35. The summed E-state index contributed by atoms with van der Waals surface area (Å²) < 4.78 is 15.6. The molecule has 0 radical (unpaired) electrons. The van der Waals surface area contributed by atoms with Crippen LogP contribution >= 0.6 is 0 Å². The molecule has 1 N–H and O–H groups in total. The van der Waals surface area contributed by atoms with E-state index in [2.05, 4.69) is 5.32 Å². The van der Waals surface area contributed by atoms with E-state index in [4.69, 9.17) is 14.2 Å². The summed E-state index contributed by atoms with van der Waals surface area (Å²) in [6.07, 6.45) is 0. The van der Waals surface area contributed by atoms with Gasteiger partial charge in [-0.05, 0) is 29.8 Å². The summed E-state index contributed by atoms with van der Waals surface area (Å²) in [7, 11) is 4.92. The summed E-state index contributed by atoms with van der Waals surface area (Å²) in [4.78, 5) is 0. The average Bonchev–Trinajstić information content (AvgIpc) is 2.53. The first-order valence-corrected chi connectivity index (χ1v) is 6.35. The molecule has 0 spiro atoms. The third-order valence-electron chi connectivity index (χ3n) is 3.04. The number of benzene rings is 2. The van der Waals surface area contributed by atoms with E-state index in [1.54, 1.807) is 21.3 Å². The van der Waals surface area contributed by atoms with Crippen LogP contribution in [0, 0.1) is 0 Å². The predicted octanol–water partition coefficient (Wildman–Crippen LogP) is 3.32. The molecule has 0 heterocycles. The molecule has 0 fully saturated rings. The highest BCUT2D eigenvalue weighted by molar-refractivity contribution is 5.55. The van der Waals surface area contributed by atoms with Gasteiger partial charge in [0.2, 0.25) is 0 Å². The summed E-state index contributed by atoms with van der Waals surface area (Å²) in [6, 6.07) is 13.7. The number of hydrogen-bond donors (Lipinski definition) is 1. The number of hydrogen-bond acceptors (Lipinski definition) is 4. The van der Waals surface area contributed by atoms with Crippen molar-refractivity contribution in [3.8, 4) is 17.2 Å². The van der Waals surface area contributed by atoms with E-state index >= 15 is 0 Å². The zero-order valence-electron chi connectivity index (χ0n) is 12.0. The van der Waals surface area contributed by atoms with Gasteiger partial charge in [-0.3, -0.25) is 0 Å². The van der Waals surface area contributed by atoms with Crippen LogP contribution in [0.2, 0.25) is 0 Å². The minimum atomic E-state index is 0.715. The van der Waals surface area contributed by atoms with Gasteiger partial charge in [0.05, 0.1) is 21.3 Å². The van der Waals surface area contributed by atoms with Crippen LogP contribution in [0.3, 0.4) is 0 Å².